The summed E-state index contributed by atoms with van der Waals surface area (Å²) in [5.74, 6) is -0.889. The molecule has 0 amide bonds. The van der Waals surface area contributed by atoms with Crippen molar-refractivity contribution in [1.29, 1.82) is 0 Å². The van der Waals surface area contributed by atoms with Crippen molar-refractivity contribution in [1.82, 2.24) is 0 Å². The lowest BCUT2D eigenvalue weighted by atomic mass is 10.2. The predicted octanol–water partition coefficient (Wildman–Crippen LogP) is 1.90. The smallest absolute Gasteiger partial charge is 0.355 e. The monoisotopic (exact) mass is 218 g/mol. The van der Waals surface area contributed by atoms with Crippen LogP contribution in [0.5, 0.6) is 0 Å². The third-order valence-corrected chi connectivity index (χ3v) is 0.911. The molecule has 0 unspecified atom stereocenters. The average Bonchev–Trinajstić information content (AvgIpc) is 2.01. The molecule has 6 heteroatoms. The van der Waals surface area contributed by atoms with Gasteiger partial charge < -0.3 is 4.74 Å². The van der Waals surface area contributed by atoms with E-state index in [-0.39, 0.29) is 5.57 Å². The molecule has 6 nitrogen and oxygen atoms in total. The topological polar surface area (TPSA) is 71.1 Å². The molecule has 15 heavy (non-hydrogen) atoms. The first kappa shape index (κ1) is 13.6. The van der Waals surface area contributed by atoms with Crippen LogP contribution in [-0.2, 0) is 24.3 Å². The number of esters is 1. The van der Waals surface area contributed by atoms with Crippen LogP contribution in [0.15, 0.2) is 12.2 Å². The van der Waals surface area contributed by atoms with Crippen LogP contribution in [0.25, 0.3) is 0 Å². The first-order valence-corrected chi connectivity index (χ1v) is 4.16. The first-order chi connectivity index (χ1) is 6.72. The second-order valence-electron chi connectivity index (χ2n) is 3.77. The SMILES string of the molecule is C=C(C)C(=O)OC(=O)OOOC(C)(C)C. The van der Waals surface area contributed by atoms with E-state index < -0.39 is 17.7 Å². The van der Waals surface area contributed by atoms with Crippen molar-refractivity contribution in [3.8, 4) is 0 Å². The molecule has 0 aromatic carbocycles. The van der Waals surface area contributed by atoms with Gasteiger partial charge in [0, 0.05) is 5.57 Å². The largest absolute Gasteiger partial charge is 0.550 e. The molecular formula is C9H14O6. The highest BCUT2D eigenvalue weighted by molar-refractivity contribution is 5.93. The van der Waals surface area contributed by atoms with Gasteiger partial charge in [0.1, 0.15) is 0 Å². The van der Waals surface area contributed by atoms with Gasteiger partial charge in [0.15, 0.2) is 0 Å². The van der Waals surface area contributed by atoms with E-state index in [1.165, 1.54) is 6.92 Å². The van der Waals surface area contributed by atoms with Crippen LogP contribution >= 0.6 is 0 Å². The zero-order valence-corrected chi connectivity index (χ0v) is 9.16. The zero-order chi connectivity index (χ0) is 12.1. The van der Waals surface area contributed by atoms with Crippen LogP contribution in [-0.4, -0.2) is 17.7 Å². The van der Waals surface area contributed by atoms with E-state index in [9.17, 15) is 9.59 Å². The molecule has 0 saturated carbocycles. The van der Waals surface area contributed by atoms with Crippen molar-refractivity contribution in [2.75, 3.05) is 0 Å². The van der Waals surface area contributed by atoms with E-state index >= 15 is 0 Å². The van der Waals surface area contributed by atoms with Gasteiger partial charge in [-0.2, -0.15) is 4.89 Å². The Morgan fingerprint density at radius 1 is 1.20 bits per heavy atom. The molecule has 0 aliphatic rings. The second kappa shape index (κ2) is 5.47. The maximum Gasteiger partial charge on any atom is 0.550 e. The third-order valence-electron chi connectivity index (χ3n) is 0.911. The lowest BCUT2D eigenvalue weighted by Gasteiger charge is -2.14. The molecule has 0 aliphatic heterocycles. The molecule has 0 saturated heterocycles. The van der Waals surface area contributed by atoms with Crippen molar-refractivity contribution in [2.45, 2.75) is 33.3 Å². The molecule has 86 valence electrons. The second-order valence-corrected chi connectivity index (χ2v) is 3.77. The average molecular weight is 218 g/mol. The molecule has 0 aromatic heterocycles. The number of rotatable bonds is 3. The minimum atomic E-state index is -1.31. The van der Waals surface area contributed by atoms with Gasteiger partial charge in [-0.05, 0) is 32.7 Å². The van der Waals surface area contributed by atoms with E-state index in [4.69, 9.17) is 0 Å². The van der Waals surface area contributed by atoms with Gasteiger partial charge in [-0.25, -0.2) is 14.5 Å². The van der Waals surface area contributed by atoms with Gasteiger partial charge in [0.05, 0.1) is 5.60 Å². The number of carbonyl (C=O) groups is 2. The fourth-order valence-corrected chi connectivity index (χ4v) is 0.327. The summed E-state index contributed by atoms with van der Waals surface area (Å²) in [6.45, 7) is 9.71. The van der Waals surface area contributed by atoms with Crippen LogP contribution < -0.4 is 0 Å². The summed E-state index contributed by atoms with van der Waals surface area (Å²) in [6.07, 6.45) is -1.31. The third kappa shape index (κ3) is 7.65. The molecule has 0 aliphatic carbocycles. The van der Waals surface area contributed by atoms with Crippen LogP contribution in [0.4, 0.5) is 4.79 Å². The highest BCUT2D eigenvalue weighted by Crippen LogP contribution is 2.07. The fourth-order valence-electron chi connectivity index (χ4n) is 0.327. The fraction of sp³-hybridized carbons (Fsp3) is 0.556. The van der Waals surface area contributed by atoms with E-state index in [1.54, 1.807) is 20.8 Å². The highest BCUT2D eigenvalue weighted by Gasteiger charge is 2.17. The predicted molar refractivity (Wildman–Crippen MR) is 49.3 cm³/mol. The standard InChI is InChI=1S/C9H14O6/c1-6(2)7(10)12-8(11)13-15-14-9(3,4)5/h1H2,2-5H3. The van der Waals surface area contributed by atoms with Gasteiger partial charge in [-0.1, -0.05) is 6.58 Å². The lowest BCUT2D eigenvalue weighted by Crippen LogP contribution is -2.22. The Labute approximate surface area is 87.6 Å². The molecule has 0 aromatic rings. The summed E-state index contributed by atoms with van der Waals surface area (Å²) >= 11 is 0. The molecular weight excluding hydrogens is 204 g/mol. The molecule has 0 radical (unpaired) electrons. The summed E-state index contributed by atoms with van der Waals surface area (Å²) in [5, 5.41) is 4.08. The Bertz CT molecular complexity index is 262. The Morgan fingerprint density at radius 3 is 2.13 bits per heavy atom. The molecule has 0 rings (SSSR count). The Morgan fingerprint density at radius 2 is 1.73 bits per heavy atom. The Kier molecular flexibility index (Phi) is 4.96. The van der Waals surface area contributed by atoms with Gasteiger partial charge in [-0.15, -0.1) is 0 Å². The van der Waals surface area contributed by atoms with Gasteiger partial charge in [-0.3, -0.25) is 0 Å². The van der Waals surface area contributed by atoms with E-state index in [1.807, 2.05) is 0 Å². The van der Waals surface area contributed by atoms with E-state index in [0.29, 0.717) is 0 Å². The summed E-state index contributed by atoms with van der Waals surface area (Å²) in [6, 6.07) is 0. The van der Waals surface area contributed by atoms with Crippen molar-refractivity contribution in [3.63, 3.8) is 0 Å². The first-order valence-electron chi connectivity index (χ1n) is 4.16. The van der Waals surface area contributed by atoms with Gasteiger partial charge in [0.25, 0.3) is 0 Å². The highest BCUT2D eigenvalue weighted by atomic mass is 17.5. The molecule has 0 bridgehead atoms. The summed E-state index contributed by atoms with van der Waals surface area (Å²) < 4.78 is 4.12. The van der Waals surface area contributed by atoms with E-state index in [0.717, 1.165) is 0 Å². The number of hydrogen-bond acceptors (Lipinski definition) is 6. The summed E-state index contributed by atoms with van der Waals surface area (Å²) in [4.78, 5) is 30.1. The quantitative estimate of drug-likeness (QED) is 0.237. The van der Waals surface area contributed by atoms with E-state index in [2.05, 4.69) is 26.1 Å². The minimum absolute atomic E-state index is 0.0729. The van der Waals surface area contributed by atoms with Gasteiger partial charge in [0.2, 0.25) is 0 Å². The molecule has 0 heterocycles. The summed E-state index contributed by atoms with van der Waals surface area (Å²) in [5.41, 5.74) is -0.567. The number of hydrogen-bond donors (Lipinski definition) is 0. The Balaban J connectivity index is 3.77. The van der Waals surface area contributed by atoms with Crippen molar-refractivity contribution in [2.24, 2.45) is 0 Å². The number of carbonyl (C=O) groups excluding carboxylic acids is 2. The molecule has 0 N–H and O–H groups in total. The van der Waals surface area contributed by atoms with Crippen LogP contribution in [0.2, 0.25) is 0 Å². The minimum Gasteiger partial charge on any atom is -0.355 e. The van der Waals surface area contributed by atoms with Crippen molar-refractivity contribution >= 4 is 12.1 Å². The Hall–Kier alpha value is -1.40. The van der Waals surface area contributed by atoms with Crippen LogP contribution in [0.3, 0.4) is 0 Å². The van der Waals surface area contributed by atoms with Crippen molar-refractivity contribution < 1.29 is 29.1 Å². The normalized spacial score (nSPS) is 10.7. The maximum atomic E-state index is 10.8. The van der Waals surface area contributed by atoms with Crippen LogP contribution in [0.1, 0.15) is 27.7 Å². The summed E-state index contributed by atoms with van der Waals surface area (Å²) in [7, 11) is 0. The lowest BCUT2D eigenvalue weighted by molar-refractivity contribution is -0.513. The van der Waals surface area contributed by atoms with Crippen molar-refractivity contribution in [3.05, 3.63) is 12.2 Å². The molecule has 0 atom stereocenters. The zero-order valence-electron chi connectivity index (χ0n) is 9.16. The number of ether oxygens (including phenoxy) is 1. The van der Waals surface area contributed by atoms with Crippen LogP contribution in [0, 0.1) is 0 Å². The maximum absolute atomic E-state index is 10.8. The molecule has 0 fully saturated rings. The molecule has 0 spiro atoms. The van der Waals surface area contributed by atoms with Gasteiger partial charge >= 0.3 is 12.1 Å².